The summed E-state index contributed by atoms with van der Waals surface area (Å²) in [6.07, 6.45) is 3.94. The number of benzene rings is 1. The van der Waals surface area contributed by atoms with E-state index in [9.17, 15) is 4.79 Å². The lowest BCUT2D eigenvalue weighted by Gasteiger charge is -2.28. The average Bonchev–Trinajstić information content (AvgIpc) is 3.10. The predicted molar refractivity (Wildman–Crippen MR) is 78.9 cm³/mol. The van der Waals surface area contributed by atoms with Crippen LogP contribution in [0.5, 0.6) is 0 Å². The second-order valence-electron chi connectivity index (χ2n) is 6.29. The zero-order valence-corrected chi connectivity index (χ0v) is 12.1. The van der Waals surface area contributed by atoms with E-state index in [-0.39, 0.29) is 16.9 Å². The van der Waals surface area contributed by atoms with Crippen LogP contribution in [0.3, 0.4) is 0 Å². The first-order valence-electron chi connectivity index (χ1n) is 7.08. The van der Waals surface area contributed by atoms with Crippen molar-refractivity contribution >= 4 is 11.6 Å². The van der Waals surface area contributed by atoms with Gasteiger partial charge in [-0.25, -0.2) is 0 Å². The Hall–Kier alpha value is -1.51. The van der Waals surface area contributed by atoms with Crippen LogP contribution in [0.2, 0.25) is 0 Å². The summed E-state index contributed by atoms with van der Waals surface area (Å²) in [5.74, 6) is 0.163. The molecule has 104 valence electrons. The van der Waals surface area contributed by atoms with Crippen molar-refractivity contribution in [3.8, 4) is 0 Å². The fraction of sp³-hybridized carbons (Fsp3) is 0.562. The van der Waals surface area contributed by atoms with Gasteiger partial charge in [0.25, 0.3) is 0 Å². The molecule has 0 bridgehead atoms. The van der Waals surface area contributed by atoms with E-state index < -0.39 is 0 Å². The summed E-state index contributed by atoms with van der Waals surface area (Å²) in [7, 11) is 0. The molecule has 0 aliphatic heterocycles. The fourth-order valence-electron chi connectivity index (χ4n) is 2.69. The lowest BCUT2D eigenvalue weighted by molar-refractivity contribution is -0.125. The molecule has 1 fully saturated rings. The third-order valence-electron chi connectivity index (χ3n) is 3.97. The van der Waals surface area contributed by atoms with Gasteiger partial charge in [0.15, 0.2) is 0 Å². The summed E-state index contributed by atoms with van der Waals surface area (Å²) in [5, 5.41) is 3.20. The van der Waals surface area contributed by atoms with Crippen LogP contribution in [0.25, 0.3) is 0 Å². The van der Waals surface area contributed by atoms with Crippen LogP contribution in [-0.4, -0.2) is 11.4 Å². The Bertz CT molecular complexity index is 458. The zero-order valence-electron chi connectivity index (χ0n) is 12.1. The highest BCUT2D eigenvalue weighted by Gasteiger charge is 2.52. The van der Waals surface area contributed by atoms with Crippen molar-refractivity contribution in [2.75, 3.05) is 5.73 Å². The normalized spacial score (nSPS) is 17.0. The maximum absolute atomic E-state index is 12.6. The smallest absolute Gasteiger partial charge is 0.231 e. The number of rotatable bonds is 5. The number of carbonyl (C=O) groups excluding carboxylic acids is 1. The van der Waals surface area contributed by atoms with Crippen LogP contribution in [0, 0.1) is 0 Å². The Morgan fingerprint density at radius 2 is 1.89 bits per heavy atom. The number of amides is 1. The Morgan fingerprint density at radius 3 is 2.37 bits per heavy atom. The summed E-state index contributed by atoms with van der Waals surface area (Å²) in [6, 6.07) is 7.71. The number of hydrogen-bond donors (Lipinski definition) is 2. The first kappa shape index (κ1) is 13.9. The second kappa shape index (κ2) is 4.87. The first-order chi connectivity index (χ1) is 8.89. The first-order valence-corrected chi connectivity index (χ1v) is 7.08. The molecular formula is C16H24N2O. The van der Waals surface area contributed by atoms with E-state index in [1.54, 1.807) is 0 Å². The highest BCUT2D eigenvalue weighted by Crippen LogP contribution is 2.48. The summed E-state index contributed by atoms with van der Waals surface area (Å²) < 4.78 is 0. The molecule has 2 rings (SSSR count). The Kier molecular flexibility index (Phi) is 3.57. The maximum atomic E-state index is 12.6. The van der Waals surface area contributed by atoms with Crippen LogP contribution >= 0.6 is 0 Å². The number of carbonyl (C=O) groups is 1. The Morgan fingerprint density at radius 1 is 1.32 bits per heavy atom. The summed E-state index contributed by atoms with van der Waals surface area (Å²) in [4.78, 5) is 12.6. The van der Waals surface area contributed by atoms with Crippen LogP contribution in [0.15, 0.2) is 24.3 Å². The minimum absolute atomic E-state index is 0.130. The van der Waals surface area contributed by atoms with Gasteiger partial charge >= 0.3 is 0 Å². The summed E-state index contributed by atoms with van der Waals surface area (Å²) >= 11 is 0. The summed E-state index contributed by atoms with van der Waals surface area (Å²) in [5.41, 5.74) is 7.10. The van der Waals surface area contributed by atoms with Crippen molar-refractivity contribution in [1.82, 2.24) is 5.32 Å². The third kappa shape index (κ3) is 2.91. The van der Waals surface area contributed by atoms with Gasteiger partial charge in [-0.1, -0.05) is 25.5 Å². The molecule has 3 nitrogen and oxygen atoms in total. The van der Waals surface area contributed by atoms with E-state index in [0.717, 1.165) is 36.9 Å². The highest BCUT2D eigenvalue weighted by atomic mass is 16.2. The molecule has 1 amide bonds. The summed E-state index contributed by atoms with van der Waals surface area (Å²) in [6.45, 7) is 6.32. The molecule has 0 heterocycles. The molecule has 3 N–H and O–H groups in total. The van der Waals surface area contributed by atoms with Crippen LogP contribution < -0.4 is 11.1 Å². The average molecular weight is 260 g/mol. The van der Waals surface area contributed by atoms with E-state index in [0.29, 0.717) is 0 Å². The van der Waals surface area contributed by atoms with E-state index in [4.69, 9.17) is 5.73 Å². The number of nitrogen functional groups attached to an aromatic ring is 1. The van der Waals surface area contributed by atoms with Crippen molar-refractivity contribution in [3.05, 3.63) is 29.8 Å². The minimum atomic E-state index is -0.307. The molecular weight excluding hydrogens is 236 g/mol. The number of nitrogens with one attached hydrogen (secondary N) is 1. The van der Waals surface area contributed by atoms with Gasteiger partial charge in [0.05, 0.1) is 5.41 Å². The minimum Gasteiger partial charge on any atom is -0.399 e. The van der Waals surface area contributed by atoms with Crippen LogP contribution in [0.4, 0.5) is 5.69 Å². The van der Waals surface area contributed by atoms with Gasteiger partial charge in [-0.3, -0.25) is 4.79 Å². The molecule has 1 aromatic rings. The molecule has 1 aliphatic rings. The van der Waals surface area contributed by atoms with Crippen LogP contribution in [-0.2, 0) is 10.2 Å². The van der Waals surface area contributed by atoms with Crippen LogP contribution in [0.1, 0.15) is 52.0 Å². The van der Waals surface area contributed by atoms with Crippen molar-refractivity contribution < 1.29 is 4.79 Å². The number of nitrogens with two attached hydrogens (primary N) is 1. The molecule has 1 saturated carbocycles. The van der Waals surface area contributed by atoms with Crippen molar-refractivity contribution in [2.24, 2.45) is 0 Å². The van der Waals surface area contributed by atoms with E-state index in [1.165, 1.54) is 0 Å². The zero-order chi connectivity index (χ0) is 14.1. The molecule has 3 heteroatoms. The molecule has 0 radical (unpaired) electrons. The SMILES string of the molecule is CCCC(C)(C)NC(=O)C1(c2ccc(N)cc2)CC1. The molecule has 0 unspecified atom stereocenters. The molecule has 1 aliphatic carbocycles. The maximum Gasteiger partial charge on any atom is 0.231 e. The van der Waals surface area contributed by atoms with Crippen molar-refractivity contribution in [1.29, 1.82) is 0 Å². The van der Waals surface area contributed by atoms with Crippen molar-refractivity contribution in [2.45, 2.75) is 57.4 Å². The molecule has 0 atom stereocenters. The Balaban J connectivity index is 2.12. The van der Waals surface area contributed by atoms with Gasteiger partial charge in [0.2, 0.25) is 5.91 Å². The van der Waals surface area contributed by atoms with Gasteiger partial charge in [0.1, 0.15) is 0 Å². The van der Waals surface area contributed by atoms with Gasteiger partial charge in [-0.2, -0.15) is 0 Å². The largest absolute Gasteiger partial charge is 0.399 e. The lowest BCUT2D eigenvalue weighted by atomic mass is 9.91. The van der Waals surface area contributed by atoms with Crippen molar-refractivity contribution in [3.63, 3.8) is 0 Å². The van der Waals surface area contributed by atoms with Gasteiger partial charge in [-0.15, -0.1) is 0 Å². The number of hydrogen-bond acceptors (Lipinski definition) is 2. The monoisotopic (exact) mass is 260 g/mol. The van der Waals surface area contributed by atoms with Gasteiger partial charge in [0, 0.05) is 11.2 Å². The molecule has 1 aromatic carbocycles. The molecule has 19 heavy (non-hydrogen) atoms. The lowest BCUT2D eigenvalue weighted by Crippen LogP contribution is -2.47. The van der Waals surface area contributed by atoms with Gasteiger partial charge < -0.3 is 11.1 Å². The van der Waals surface area contributed by atoms with Gasteiger partial charge in [-0.05, 0) is 50.8 Å². The highest BCUT2D eigenvalue weighted by molar-refractivity contribution is 5.91. The standard InChI is InChI=1S/C16H24N2O/c1-4-9-15(2,3)18-14(19)16(10-11-16)12-5-7-13(17)8-6-12/h5-8H,4,9-11,17H2,1-3H3,(H,18,19). The topological polar surface area (TPSA) is 55.1 Å². The molecule has 0 aromatic heterocycles. The predicted octanol–water partition coefficient (Wildman–Crippen LogP) is 3.00. The third-order valence-corrected chi connectivity index (χ3v) is 3.97. The fourth-order valence-corrected chi connectivity index (χ4v) is 2.69. The molecule has 0 saturated heterocycles. The van der Waals surface area contributed by atoms with E-state index in [2.05, 4.69) is 26.1 Å². The molecule has 0 spiro atoms. The van der Waals surface area contributed by atoms with E-state index in [1.807, 2.05) is 24.3 Å². The van der Waals surface area contributed by atoms with E-state index >= 15 is 0 Å². The quantitative estimate of drug-likeness (QED) is 0.800. The number of anilines is 1. The second-order valence-corrected chi connectivity index (χ2v) is 6.29. The Labute approximate surface area is 115 Å².